The van der Waals surface area contributed by atoms with E-state index in [1.807, 2.05) is 43.3 Å². The average Bonchev–Trinajstić information content (AvgIpc) is 2.60. The van der Waals surface area contributed by atoms with Crippen molar-refractivity contribution in [2.24, 2.45) is 0 Å². The van der Waals surface area contributed by atoms with Crippen molar-refractivity contribution in [2.75, 3.05) is 18.5 Å². The lowest BCUT2D eigenvalue weighted by molar-refractivity contribution is 0.00565. The highest BCUT2D eigenvalue weighted by molar-refractivity contribution is 7.98. The summed E-state index contributed by atoms with van der Waals surface area (Å²) in [6.07, 6.45) is 0.0836. The summed E-state index contributed by atoms with van der Waals surface area (Å²) in [7, 11) is 0. The number of benzene rings is 2. The van der Waals surface area contributed by atoms with Crippen LogP contribution in [0, 0.1) is 0 Å². The fraction of sp³-hybridized carbons (Fsp3) is 0.368. The van der Waals surface area contributed by atoms with Gasteiger partial charge < -0.3 is 14.2 Å². The van der Waals surface area contributed by atoms with Gasteiger partial charge in [-0.2, -0.15) is 0 Å². The summed E-state index contributed by atoms with van der Waals surface area (Å²) < 4.78 is 16.9. The molecule has 4 heteroatoms. The van der Waals surface area contributed by atoms with Crippen LogP contribution in [0.5, 0.6) is 0 Å². The molecule has 0 aliphatic rings. The largest absolute Gasteiger partial charge is 0.374 e. The first-order chi connectivity index (χ1) is 11.3. The van der Waals surface area contributed by atoms with Gasteiger partial charge in [-0.05, 0) is 18.1 Å². The van der Waals surface area contributed by atoms with Gasteiger partial charge in [0.2, 0.25) is 0 Å². The number of rotatable bonds is 11. The van der Waals surface area contributed by atoms with Crippen LogP contribution in [0.2, 0.25) is 0 Å². The lowest BCUT2D eigenvalue weighted by atomic mass is 10.2. The van der Waals surface area contributed by atoms with Crippen LogP contribution in [0.4, 0.5) is 0 Å². The van der Waals surface area contributed by atoms with Crippen molar-refractivity contribution < 1.29 is 14.2 Å². The first-order valence-corrected chi connectivity index (χ1v) is 8.93. The van der Waals surface area contributed by atoms with Gasteiger partial charge in [0, 0.05) is 0 Å². The van der Waals surface area contributed by atoms with E-state index in [1.165, 1.54) is 11.1 Å². The highest BCUT2D eigenvalue weighted by Crippen LogP contribution is 2.08. The third-order valence-corrected chi connectivity index (χ3v) is 3.81. The molecule has 0 amide bonds. The Morgan fingerprint density at radius 3 is 1.96 bits per heavy atom. The lowest BCUT2D eigenvalue weighted by Crippen LogP contribution is -2.16. The van der Waals surface area contributed by atoms with E-state index in [2.05, 4.69) is 24.3 Å². The summed E-state index contributed by atoms with van der Waals surface area (Å²) in [6, 6.07) is 20.3. The second kappa shape index (κ2) is 11.2. The Kier molecular flexibility index (Phi) is 8.81. The van der Waals surface area contributed by atoms with Crippen molar-refractivity contribution in [2.45, 2.75) is 26.2 Å². The minimum absolute atomic E-state index is 0.0836. The summed E-state index contributed by atoms with van der Waals surface area (Å²) in [5.41, 5.74) is 2.38. The van der Waals surface area contributed by atoms with Gasteiger partial charge in [0.1, 0.15) is 0 Å². The van der Waals surface area contributed by atoms with Crippen LogP contribution in [0.3, 0.4) is 0 Å². The topological polar surface area (TPSA) is 27.7 Å². The normalized spacial score (nSPS) is 12.2. The molecular formula is C19H24O3S. The fourth-order valence-electron chi connectivity index (χ4n) is 1.96. The molecule has 2 aromatic rings. The van der Waals surface area contributed by atoms with Gasteiger partial charge in [-0.3, -0.25) is 0 Å². The molecule has 2 aromatic carbocycles. The summed E-state index contributed by atoms with van der Waals surface area (Å²) in [4.78, 5) is 0. The Bertz CT molecular complexity index is 519. The minimum Gasteiger partial charge on any atom is -0.374 e. The predicted molar refractivity (Wildman–Crippen MR) is 95.2 cm³/mol. The molecule has 0 aliphatic heterocycles. The second-order valence-corrected chi connectivity index (χ2v) is 6.13. The first kappa shape index (κ1) is 18.0. The van der Waals surface area contributed by atoms with Gasteiger partial charge >= 0.3 is 0 Å². The molecule has 0 heterocycles. The van der Waals surface area contributed by atoms with Crippen molar-refractivity contribution >= 4 is 11.8 Å². The second-order valence-electron chi connectivity index (χ2n) is 5.25. The number of thioether (sulfide) groups is 1. The van der Waals surface area contributed by atoms with Gasteiger partial charge in [0.15, 0.2) is 0 Å². The number of ether oxygens (including phenoxy) is 3. The molecule has 0 saturated heterocycles. The van der Waals surface area contributed by atoms with Gasteiger partial charge in [0.05, 0.1) is 37.8 Å². The standard InChI is InChI=1S/C19H24O3S/c1-17(12-20-13-18-8-4-2-5-9-18)22-16-23-15-21-14-19-10-6-3-7-11-19/h2-11,17H,12-16H2,1H3. The maximum atomic E-state index is 5.69. The summed E-state index contributed by atoms with van der Waals surface area (Å²) >= 11 is 1.63. The van der Waals surface area contributed by atoms with E-state index >= 15 is 0 Å². The summed E-state index contributed by atoms with van der Waals surface area (Å²) in [5, 5.41) is 0. The molecule has 3 nitrogen and oxygen atoms in total. The molecule has 0 saturated carbocycles. The molecule has 0 radical (unpaired) electrons. The van der Waals surface area contributed by atoms with Crippen molar-refractivity contribution in [1.82, 2.24) is 0 Å². The van der Waals surface area contributed by atoms with Crippen molar-refractivity contribution in [3.63, 3.8) is 0 Å². The van der Waals surface area contributed by atoms with E-state index in [9.17, 15) is 0 Å². The van der Waals surface area contributed by atoms with Crippen molar-refractivity contribution in [3.05, 3.63) is 71.8 Å². The molecule has 0 aliphatic carbocycles. The van der Waals surface area contributed by atoms with Gasteiger partial charge in [-0.15, -0.1) is 11.8 Å². The molecule has 0 aromatic heterocycles. The first-order valence-electron chi connectivity index (χ1n) is 7.77. The molecule has 23 heavy (non-hydrogen) atoms. The smallest absolute Gasteiger partial charge is 0.0948 e. The molecule has 124 valence electrons. The molecule has 0 bridgehead atoms. The monoisotopic (exact) mass is 332 g/mol. The van der Waals surface area contributed by atoms with Crippen LogP contribution in [-0.2, 0) is 27.4 Å². The fourth-order valence-corrected chi connectivity index (χ4v) is 2.55. The Morgan fingerprint density at radius 1 is 0.783 bits per heavy atom. The SMILES string of the molecule is CC(COCc1ccccc1)OCSCOCc1ccccc1. The van der Waals surface area contributed by atoms with Gasteiger partial charge in [-0.1, -0.05) is 60.7 Å². The molecule has 0 spiro atoms. The summed E-state index contributed by atoms with van der Waals surface area (Å²) in [6.45, 7) is 3.89. The Hall–Kier alpha value is -1.33. The molecular weight excluding hydrogens is 308 g/mol. The van der Waals surface area contributed by atoms with Crippen LogP contribution < -0.4 is 0 Å². The van der Waals surface area contributed by atoms with E-state index in [1.54, 1.807) is 11.8 Å². The zero-order valence-corrected chi connectivity index (χ0v) is 14.3. The third kappa shape index (κ3) is 8.18. The highest BCUT2D eigenvalue weighted by atomic mass is 32.2. The Labute approximate surface area is 143 Å². The van der Waals surface area contributed by atoms with Crippen molar-refractivity contribution in [3.8, 4) is 0 Å². The van der Waals surface area contributed by atoms with Crippen LogP contribution in [-0.4, -0.2) is 24.6 Å². The molecule has 0 fully saturated rings. The zero-order valence-electron chi connectivity index (χ0n) is 13.5. The number of hydrogen-bond donors (Lipinski definition) is 0. The van der Waals surface area contributed by atoms with E-state index in [0.717, 1.165) is 0 Å². The van der Waals surface area contributed by atoms with E-state index in [4.69, 9.17) is 14.2 Å². The Balaban J connectivity index is 1.44. The average molecular weight is 332 g/mol. The highest BCUT2D eigenvalue weighted by Gasteiger charge is 2.03. The molecule has 1 unspecified atom stereocenters. The number of hydrogen-bond acceptors (Lipinski definition) is 4. The third-order valence-electron chi connectivity index (χ3n) is 3.18. The van der Waals surface area contributed by atoms with Crippen LogP contribution >= 0.6 is 11.8 Å². The van der Waals surface area contributed by atoms with E-state index in [-0.39, 0.29) is 6.10 Å². The maximum Gasteiger partial charge on any atom is 0.0948 e. The molecule has 0 N–H and O–H groups in total. The predicted octanol–water partition coefficient (Wildman–Crippen LogP) is 4.47. The van der Waals surface area contributed by atoms with Crippen LogP contribution in [0.1, 0.15) is 18.1 Å². The zero-order chi connectivity index (χ0) is 16.2. The minimum atomic E-state index is 0.0836. The van der Waals surface area contributed by atoms with Crippen molar-refractivity contribution in [1.29, 1.82) is 0 Å². The lowest BCUT2D eigenvalue weighted by Gasteiger charge is -2.13. The van der Waals surface area contributed by atoms with Gasteiger partial charge in [-0.25, -0.2) is 0 Å². The molecule has 2 rings (SSSR count). The Morgan fingerprint density at radius 2 is 1.35 bits per heavy atom. The quantitative estimate of drug-likeness (QED) is 0.448. The van der Waals surface area contributed by atoms with Crippen LogP contribution in [0.25, 0.3) is 0 Å². The maximum absolute atomic E-state index is 5.69. The molecule has 1 atom stereocenters. The van der Waals surface area contributed by atoms with E-state index in [0.29, 0.717) is 31.7 Å². The van der Waals surface area contributed by atoms with E-state index < -0.39 is 0 Å². The summed E-state index contributed by atoms with van der Waals surface area (Å²) in [5.74, 6) is 1.25. The van der Waals surface area contributed by atoms with Gasteiger partial charge in [0.25, 0.3) is 0 Å². The van der Waals surface area contributed by atoms with Crippen LogP contribution in [0.15, 0.2) is 60.7 Å².